The number of aryl methyl sites for hydroxylation is 1. The maximum Gasteiger partial charge on any atom is 0.247 e. The van der Waals surface area contributed by atoms with E-state index in [1.54, 1.807) is 11.3 Å². The zero-order valence-electron chi connectivity index (χ0n) is 21.6. The Labute approximate surface area is 225 Å². The van der Waals surface area contributed by atoms with Crippen LogP contribution in [0.15, 0.2) is 65.1 Å². The van der Waals surface area contributed by atoms with Gasteiger partial charge in [-0.25, -0.2) is 4.98 Å². The van der Waals surface area contributed by atoms with E-state index in [0.29, 0.717) is 24.9 Å². The van der Waals surface area contributed by atoms with Crippen LogP contribution in [0.25, 0.3) is 32.4 Å². The van der Waals surface area contributed by atoms with Crippen LogP contribution in [0.3, 0.4) is 0 Å². The van der Waals surface area contributed by atoms with Gasteiger partial charge in [0.1, 0.15) is 18.5 Å². The molecule has 2 atom stereocenters. The lowest BCUT2D eigenvalue weighted by atomic mass is 10.1. The quantitative estimate of drug-likeness (QED) is 0.308. The zero-order chi connectivity index (χ0) is 26.1. The number of aliphatic hydroxyl groups is 1. The first-order valence-electron chi connectivity index (χ1n) is 13.0. The molecular weight excluding hydrogens is 498 g/mol. The third-order valence-electron chi connectivity index (χ3n) is 7.02. The number of piperazine rings is 1. The van der Waals surface area contributed by atoms with E-state index in [1.165, 1.54) is 5.39 Å². The van der Waals surface area contributed by atoms with Gasteiger partial charge in [-0.3, -0.25) is 9.80 Å². The standard InChI is InChI=1S/C29H31N5O3S/c1-19-15-33(17-28-31-32-29(37-28)23-8-7-21-5-3-4-6-22(21)13-23)11-12-34(19)16-24(35)18-36-25-9-10-27-26(14-25)30-20(2)38-27/h3-10,13-14,19,24,35H,11-12,15-18H2,1-2H3/t19-,24+/m0/s1. The second-order valence-corrected chi connectivity index (χ2v) is 11.2. The predicted octanol–water partition coefficient (Wildman–Crippen LogP) is 4.75. The van der Waals surface area contributed by atoms with E-state index < -0.39 is 6.10 Å². The number of fused-ring (bicyclic) bond motifs is 2. The Morgan fingerprint density at radius 3 is 2.82 bits per heavy atom. The number of ether oxygens (including phenoxy) is 1. The minimum Gasteiger partial charge on any atom is -0.491 e. The summed E-state index contributed by atoms with van der Waals surface area (Å²) in [6, 6.07) is 20.6. The van der Waals surface area contributed by atoms with Crippen molar-refractivity contribution in [2.24, 2.45) is 0 Å². The van der Waals surface area contributed by atoms with Crippen LogP contribution >= 0.6 is 11.3 Å². The summed E-state index contributed by atoms with van der Waals surface area (Å²) in [4.78, 5) is 9.15. The Hall–Kier alpha value is -3.37. The Bertz CT molecular complexity index is 1550. The molecule has 1 aliphatic heterocycles. The highest BCUT2D eigenvalue weighted by molar-refractivity contribution is 7.18. The molecule has 0 amide bonds. The molecule has 1 aliphatic rings. The van der Waals surface area contributed by atoms with Gasteiger partial charge < -0.3 is 14.3 Å². The first-order valence-corrected chi connectivity index (χ1v) is 13.8. The van der Waals surface area contributed by atoms with Gasteiger partial charge in [-0.1, -0.05) is 30.3 Å². The zero-order valence-corrected chi connectivity index (χ0v) is 22.4. The van der Waals surface area contributed by atoms with Crippen molar-refractivity contribution >= 4 is 32.3 Å². The van der Waals surface area contributed by atoms with E-state index in [-0.39, 0.29) is 12.6 Å². The first-order chi connectivity index (χ1) is 18.5. The van der Waals surface area contributed by atoms with Crippen LogP contribution in [-0.4, -0.2) is 75.0 Å². The normalized spacial score (nSPS) is 17.8. The molecule has 3 heterocycles. The average molecular weight is 530 g/mol. The Kier molecular flexibility index (Phi) is 7.08. The van der Waals surface area contributed by atoms with Gasteiger partial charge in [0.05, 0.1) is 21.8 Å². The third-order valence-corrected chi connectivity index (χ3v) is 7.98. The molecule has 0 aliphatic carbocycles. The molecule has 8 nitrogen and oxygen atoms in total. The molecule has 0 saturated carbocycles. The van der Waals surface area contributed by atoms with Crippen molar-refractivity contribution in [2.75, 3.05) is 32.8 Å². The molecule has 1 N–H and O–H groups in total. The number of aliphatic hydroxyl groups excluding tert-OH is 1. The van der Waals surface area contributed by atoms with Gasteiger partial charge in [-0.05, 0) is 48.9 Å². The van der Waals surface area contributed by atoms with E-state index in [4.69, 9.17) is 9.15 Å². The van der Waals surface area contributed by atoms with Crippen molar-refractivity contribution in [1.29, 1.82) is 0 Å². The Morgan fingerprint density at radius 1 is 1.08 bits per heavy atom. The van der Waals surface area contributed by atoms with Gasteiger partial charge >= 0.3 is 0 Å². The van der Waals surface area contributed by atoms with E-state index in [9.17, 15) is 5.11 Å². The van der Waals surface area contributed by atoms with Crippen molar-refractivity contribution < 1.29 is 14.3 Å². The van der Waals surface area contributed by atoms with Gasteiger partial charge in [0.15, 0.2) is 0 Å². The number of nitrogens with zero attached hydrogens (tertiary/aromatic N) is 5. The Balaban J connectivity index is 0.994. The van der Waals surface area contributed by atoms with Crippen LogP contribution in [0.4, 0.5) is 0 Å². The van der Waals surface area contributed by atoms with Crippen LogP contribution in [0, 0.1) is 6.92 Å². The van der Waals surface area contributed by atoms with Gasteiger partial charge in [-0.15, -0.1) is 21.5 Å². The second-order valence-electron chi connectivity index (χ2n) is 9.97. The summed E-state index contributed by atoms with van der Waals surface area (Å²) in [6.07, 6.45) is -0.572. The number of β-amino-alcohol motifs (C(OH)–C–C–N with tert-alkyl or cyclic N) is 1. The molecule has 0 unspecified atom stereocenters. The fourth-order valence-corrected chi connectivity index (χ4v) is 5.87. The maximum atomic E-state index is 10.6. The summed E-state index contributed by atoms with van der Waals surface area (Å²) >= 11 is 1.67. The smallest absolute Gasteiger partial charge is 0.247 e. The molecule has 9 heteroatoms. The van der Waals surface area contributed by atoms with Gasteiger partial charge in [0, 0.05) is 43.9 Å². The molecule has 1 saturated heterocycles. The van der Waals surface area contributed by atoms with Crippen molar-refractivity contribution in [3.8, 4) is 17.2 Å². The minimum absolute atomic E-state index is 0.251. The van der Waals surface area contributed by atoms with E-state index in [1.807, 2.05) is 43.3 Å². The molecule has 5 aromatic rings. The molecule has 3 aromatic carbocycles. The SMILES string of the molecule is Cc1nc2cc(OC[C@H](O)CN3CCN(Cc4nnc(-c5ccc6ccccc6c5)o4)C[C@@H]3C)ccc2s1. The lowest BCUT2D eigenvalue weighted by Crippen LogP contribution is -2.53. The fourth-order valence-electron chi connectivity index (χ4n) is 5.06. The monoisotopic (exact) mass is 529 g/mol. The van der Waals surface area contributed by atoms with Crippen molar-refractivity contribution in [3.05, 3.63) is 71.6 Å². The highest BCUT2D eigenvalue weighted by Gasteiger charge is 2.26. The van der Waals surface area contributed by atoms with Crippen LogP contribution in [0.2, 0.25) is 0 Å². The van der Waals surface area contributed by atoms with E-state index >= 15 is 0 Å². The summed E-state index contributed by atoms with van der Waals surface area (Å²) in [6.45, 7) is 8.21. The molecule has 196 valence electrons. The van der Waals surface area contributed by atoms with Crippen molar-refractivity contribution in [3.63, 3.8) is 0 Å². The summed E-state index contributed by atoms with van der Waals surface area (Å²) < 4.78 is 13.0. The average Bonchev–Trinajstić information content (AvgIpc) is 3.54. The molecule has 0 radical (unpaired) electrons. The van der Waals surface area contributed by atoms with Gasteiger partial charge in [0.25, 0.3) is 0 Å². The summed E-state index contributed by atoms with van der Waals surface area (Å²) in [5.74, 6) is 1.90. The molecule has 0 bridgehead atoms. The number of rotatable bonds is 8. The Morgan fingerprint density at radius 2 is 1.95 bits per heavy atom. The highest BCUT2D eigenvalue weighted by atomic mass is 32.1. The number of thiazole rings is 1. The van der Waals surface area contributed by atoms with E-state index in [2.05, 4.69) is 56.2 Å². The van der Waals surface area contributed by atoms with Gasteiger partial charge in [0.2, 0.25) is 11.8 Å². The highest BCUT2D eigenvalue weighted by Crippen LogP contribution is 2.26. The molecule has 6 rings (SSSR count). The maximum absolute atomic E-state index is 10.6. The third kappa shape index (κ3) is 5.56. The lowest BCUT2D eigenvalue weighted by molar-refractivity contribution is 0.0178. The summed E-state index contributed by atoms with van der Waals surface area (Å²) in [7, 11) is 0. The van der Waals surface area contributed by atoms with Gasteiger partial charge in [-0.2, -0.15) is 0 Å². The number of hydrogen-bond donors (Lipinski definition) is 1. The number of benzene rings is 3. The molecular formula is C29H31N5O3S. The lowest BCUT2D eigenvalue weighted by Gasteiger charge is -2.40. The van der Waals surface area contributed by atoms with Crippen LogP contribution < -0.4 is 4.74 Å². The molecule has 0 spiro atoms. The molecule has 38 heavy (non-hydrogen) atoms. The van der Waals surface area contributed by atoms with Crippen LogP contribution in [0.5, 0.6) is 5.75 Å². The van der Waals surface area contributed by atoms with Crippen LogP contribution in [-0.2, 0) is 6.54 Å². The van der Waals surface area contributed by atoms with Crippen LogP contribution in [0.1, 0.15) is 17.8 Å². The van der Waals surface area contributed by atoms with Crippen molar-refractivity contribution in [1.82, 2.24) is 25.0 Å². The first kappa shape index (κ1) is 24.9. The number of hydrogen-bond acceptors (Lipinski definition) is 9. The molecule has 1 fully saturated rings. The largest absolute Gasteiger partial charge is 0.491 e. The molecule has 2 aromatic heterocycles. The second kappa shape index (κ2) is 10.8. The fraction of sp³-hybridized carbons (Fsp3) is 0.345. The summed E-state index contributed by atoms with van der Waals surface area (Å²) in [5.41, 5.74) is 1.87. The minimum atomic E-state index is -0.572. The topological polar surface area (TPSA) is 87.8 Å². The number of aromatic nitrogens is 3. The van der Waals surface area contributed by atoms with E-state index in [0.717, 1.165) is 51.6 Å². The predicted molar refractivity (Wildman–Crippen MR) is 149 cm³/mol. The van der Waals surface area contributed by atoms with Crippen molar-refractivity contribution in [2.45, 2.75) is 32.5 Å². The summed E-state index contributed by atoms with van der Waals surface area (Å²) in [5, 5.41) is 22.6.